The van der Waals surface area contributed by atoms with Crippen LogP contribution in [0.3, 0.4) is 0 Å². The summed E-state index contributed by atoms with van der Waals surface area (Å²) in [6.07, 6.45) is 4.40. The Morgan fingerprint density at radius 3 is 2.75 bits per heavy atom. The highest BCUT2D eigenvalue weighted by atomic mass is 16.7. The summed E-state index contributed by atoms with van der Waals surface area (Å²) < 4.78 is 0. The van der Waals surface area contributed by atoms with E-state index in [0.29, 0.717) is 31.5 Å². The third kappa shape index (κ3) is 4.28. The number of hydrogen-bond acceptors (Lipinski definition) is 5. The largest absolute Gasteiger partial charge is 0.465 e. The average molecular weight is 384 g/mol. The zero-order chi connectivity index (χ0) is 20.1. The Morgan fingerprint density at radius 1 is 1.32 bits per heavy atom. The summed E-state index contributed by atoms with van der Waals surface area (Å²) in [5.41, 5.74) is 1.12. The van der Waals surface area contributed by atoms with Crippen LogP contribution in [0.5, 0.6) is 0 Å². The molecule has 0 saturated heterocycles. The van der Waals surface area contributed by atoms with Gasteiger partial charge in [-0.2, -0.15) is 0 Å². The monoisotopic (exact) mass is 384 g/mol. The van der Waals surface area contributed by atoms with Crippen molar-refractivity contribution in [2.45, 2.75) is 31.7 Å². The predicted octanol–water partition coefficient (Wildman–Crippen LogP) is 2.51. The predicted molar refractivity (Wildman–Crippen MR) is 102 cm³/mol. The quantitative estimate of drug-likeness (QED) is 0.742. The van der Waals surface area contributed by atoms with Crippen LogP contribution in [0.2, 0.25) is 0 Å². The van der Waals surface area contributed by atoms with Crippen LogP contribution in [0, 0.1) is 5.41 Å². The van der Waals surface area contributed by atoms with Crippen molar-refractivity contribution in [3.05, 3.63) is 48.3 Å². The first-order chi connectivity index (χ1) is 13.4. The third-order valence-electron chi connectivity index (χ3n) is 5.24. The molecular formula is C20H24N4O4. The minimum absolute atomic E-state index is 0.147. The molecule has 3 rings (SSSR count). The molecule has 8 heteroatoms. The number of amides is 2. The van der Waals surface area contributed by atoms with Gasteiger partial charge in [0.05, 0.1) is 12.5 Å². The van der Waals surface area contributed by atoms with Gasteiger partial charge in [0.2, 0.25) is 0 Å². The summed E-state index contributed by atoms with van der Waals surface area (Å²) in [7, 11) is 3.02. The van der Waals surface area contributed by atoms with Crippen LogP contribution in [0.15, 0.2) is 42.7 Å². The van der Waals surface area contributed by atoms with Gasteiger partial charge in [-0.25, -0.2) is 19.8 Å². The molecule has 2 aromatic rings. The molecule has 1 heterocycles. The molecule has 0 aliphatic heterocycles. The number of hydroxylamine groups is 2. The fourth-order valence-corrected chi connectivity index (χ4v) is 3.93. The maximum absolute atomic E-state index is 13.1. The number of carbonyl (C=O) groups excluding carboxylic acids is 1. The lowest BCUT2D eigenvalue weighted by Gasteiger charge is -2.31. The van der Waals surface area contributed by atoms with E-state index in [4.69, 9.17) is 9.94 Å². The molecule has 148 valence electrons. The van der Waals surface area contributed by atoms with E-state index in [1.165, 1.54) is 12.2 Å². The molecule has 2 amide bonds. The summed E-state index contributed by atoms with van der Waals surface area (Å²) >= 11 is 0. The number of nitrogens with one attached hydrogen (secondary N) is 1. The molecule has 0 spiro atoms. The fraction of sp³-hybridized carbons (Fsp3) is 0.400. The average Bonchev–Trinajstić information content (AvgIpc) is 3.10. The number of hydrogen-bond donors (Lipinski definition) is 2. The van der Waals surface area contributed by atoms with Crippen LogP contribution in [-0.4, -0.2) is 52.3 Å². The molecule has 2 atom stereocenters. The Hall–Kier alpha value is -3.00. The Balaban J connectivity index is 1.88. The first-order valence-corrected chi connectivity index (χ1v) is 9.11. The van der Waals surface area contributed by atoms with Crippen molar-refractivity contribution in [2.24, 2.45) is 5.41 Å². The standard InChI is InChI=1S/C20H24N4O4/c1-24(28-2)18(25)20(8-7-16(13-20)23-19(26)27)12-14-5-3-6-15(11-14)17-21-9-4-10-22-17/h3-6,9-11,16,23H,7-8,12-13H2,1-2H3,(H,26,27)/t16-,20+/m0/s1. The SMILES string of the molecule is CON(C)C(=O)[C@@]1(Cc2cccc(-c3ncccn3)c2)CC[C@H](NC(=O)O)C1. The molecule has 1 aliphatic carbocycles. The summed E-state index contributed by atoms with van der Waals surface area (Å²) in [4.78, 5) is 37.8. The van der Waals surface area contributed by atoms with Gasteiger partial charge in [-0.15, -0.1) is 0 Å². The van der Waals surface area contributed by atoms with Crippen LogP contribution in [0.1, 0.15) is 24.8 Å². The van der Waals surface area contributed by atoms with Crippen molar-refractivity contribution in [2.75, 3.05) is 14.2 Å². The molecule has 8 nitrogen and oxygen atoms in total. The van der Waals surface area contributed by atoms with Gasteiger partial charge in [-0.1, -0.05) is 18.2 Å². The maximum atomic E-state index is 13.1. The highest BCUT2D eigenvalue weighted by molar-refractivity contribution is 5.82. The van der Waals surface area contributed by atoms with Gasteiger partial charge in [-0.05, 0) is 43.4 Å². The van der Waals surface area contributed by atoms with E-state index >= 15 is 0 Å². The van der Waals surface area contributed by atoms with Crippen molar-refractivity contribution in [3.8, 4) is 11.4 Å². The van der Waals surface area contributed by atoms with E-state index in [9.17, 15) is 9.59 Å². The highest BCUT2D eigenvalue weighted by Crippen LogP contribution is 2.43. The van der Waals surface area contributed by atoms with Gasteiger partial charge in [0.15, 0.2) is 5.82 Å². The molecule has 1 aliphatic rings. The molecule has 1 aromatic carbocycles. The topological polar surface area (TPSA) is 105 Å². The zero-order valence-electron chi connectivity index (χ0n) is 16.0. The lowest BCUT2D eigenvalue weighted by molar-refractivity contribution is -0.180. The van der Waals surface area contributed by atoms with Crippen molar-refractivity contribution in [1.82, 2.24) is 20.3 Å². The van der Waals surface area contributed by atoms with Crippen molar-refractivity contribution in [1.29, 1.82) is 0 Å². The smallest absolute Gasteiger partial charge is 0.404 e. The lowest BCUT2D eigenvalue weighted by Crippen LogP contribution is -2.43. The summed E-state index contributed by atoms with van der Waals surface area (Å²) in [5, 5.41) is 12.8. The number of benzene rings is 1. The van der Waals surface area contributed by atoms with E-state index < -0.39 is 11.5 Å². The van der Waals surface area contributed by atoms with Crippen molar-refractivity contribution < 1.29 is 19.5 Å². The molecule has 0 bridgehead atoms. The number of carbonyl (C=O) groups is 2. The lowest BCUT2D eigenvalue weighted by atomic mass is 9.78. The van der Waals surface area contributed by atoms with Gasteiger partial charge in [-0.3, -0.25) is 9.63 Å². The fourth-order valence-electron chi connectivity index (χ4n) is 3.93. The van der Waals surface area contributed by atoms with Crippen LogP contribution < -0.4 is 5.32 Å². The number of nitrogens with zero attached hydrogens (tertiary/aromatic N) is 3. The van der Waals surface area contributed by atoms with E-state index in [0.717, 1.165) is 11.1 Å². The Morgan fingerprint density at radius 2 is 2.07 bits per heavy atom. The molecule has 28 heavy (non-hydrogen) atoms. The first kappa shape index (κ1) is 19.8. The Labute approximate surface area is 163 Å². The minimum Gasteiger partial charge on any atom is -0.465 e. The molecule has 1 fully saturated rings. The number of aromatic nitrogens is 2. The van der Waals surface area contributed by atoms with Crippen molar-refractivity contribution in [3.63, 3.8) is 0 Å². The van der Waals surface area contributed by atoms with Gasteiger partial charge in [0.1, 0.15) is 0 Å². The highest BCUT2D eigenvalue weighted by Gasteiger charge is 2.47. The summed E-state index contributed by atoms with van der Waals surface area (Å²) in [6, 6.07) is 9.29. The van der Waals surface area contributed by atoms with Crippen LogP contribution in [0.4, 0.5) is 4.79 Å². The molecule has 1 aromatic heterocycles. The summed E-state index contributed by atoms with van der Waals surface area (Å²) in [5.74, 6) is 0.474. The van der Waals surface area contributed by atoms with E-state index in [1.54, 1.807) is 25.5 Å². The second-order valence-corrected chi connectivity index (χ2v) is 7.10. The van der Waals surface area contributed by atoms with Crippen LogP contribution in [-0.2, 0) is 16.1 Å². The second-order valence-electron chi connectivity index (χ2n) is 7.10. The first-order valence-electron chi connectivity index (χ1n) is 9.11. The maximum Gasteiger partial charge on any atom is 0.404 e. The molecular weight excluding hydrogens is 360 g/mol. The Kier molecular flexibility index (Phi) is 5.89. The second kappa shape index (κ2) is 8.35. The molecule has 2 N–H and O–H groups in total. The van der Waals surface area contributed by atoms with Crippen molar-refractivity contribution >= 4 is 12.0 Å². The Bertz CT molecular complexity index is 845. The molecule has 0 unspecified atom stereocenters. The van der Waals surface area contributed by atoms with Gasteiger partial charge in [0.25, 0.3) is 5.91 Å². The zero-order valence-corrected chi connectivity index (χ0v) is 16.0. The van der Waals surface area contributed by atoms with Gasteiger partial charge in [0, 0.05) is 31.0 Å². The van der Waals surface area contributed by atoms with Gasteiger partial charge < -0.3 is 10.4 Å². The van der Waals surface area contributed by atoms with Gasteiger partial charge >= 0.3 is 6.09 Å². The molecule has 0 radical (unpaired) electrons. The molecule has 1 saturated carbocycles. The van der Waals surface area contributed by atoms with Crippen LogP contribution >= 0.6 is 0 Å². The minimum atomic E-state index is -1.07. The third-order valence-corrected chi connectivity index (χ3v) is 5.24. The van der Waals surface area contributed by atoms with E-state index in [1.807, 2.05) is 24.3 Å². The van der Waals surface area contributed by atoms with E-state index in [2.05, 4.69) is 15.3 Å². The summed E-state index contributed by atoms with van der Waals surface area (Å²) in [6.45, 7) is 0. The normalized spacial score (nSPS) is 21.3. The number of rotatable bonds is 6. The van der Waals surface area contributed by atoms with Crippen LogP contribution in [0.25, 0.3) is 11.4 Å². The van der Waals surface area contributed by atoms with E-state index in [-0.39, 0.29) is 11.9 Å². The number of carboxylic acid groups (broad SMARTS) is 1.